The molecule has 0 radical (unpaired) electrons. The van der Waals surface area contributed by atoms with Gasteiger partial charge in [0.1, 0.15) is 0 Å². The molecule has 6 heteroatoms. The van der Waals surface area contributed by atoms with E-state index in [1.54, 1.807) is 0 Å². The van der Waals surface area contributed by atoms with Crippen LogP contribution in [-0.2, 0) is 10.0 Å². The smallest absolute Gasteiger partial charge is 0.236 e. The molecule has 1 fully saturated rings. The normalized spacial score (nSPS) is 20.7. The van der Waals surface area contributed by atoms with Gasteiger partial charge in [-0.1, -0.05) is 6.07 Å². The van der Waals surface area contributed by atoms with Crippen molar-refractivity contribution in [1.29, 1.82) is 0 Å². The summed E-state index contributed by atoms with van der Waals surface area (Å²) in [6.45, 7) is 3.37. The Bertz CT molecular complexity index is 525. The zero-order valence-corrected chi connectivity index (χ0v) is 12.6. The zero-order valence-electron chi connectivity index (χ0n) is 10.2. The number of nitrogens with one attached hydrogen (secondary N) is 2. The summed E-state index contributed by atoms with van der Waals surface area (Å²) in [5, 5.41) is 2.77. The van der Waals surface area contributed by atoms with Crippen molar-refractivity contribution in [2.24, 2.45) is 0 Å². The number of anilines is 1. The molecular weight excluding hydrogens is 316 g/mol. The highest BCUT2D eigenvalue weighted by Crippen LogP contribution is 2.26. The zero-order chi connectivity index (χ0) is 13.2. The highest BCUT2D eigenvalue weighted by atomic mass is 79.9. The molecule has 1 heterocycles. The fourth-order valence-electron chi connectivity index (χ4n) is 2.04. The number of hydrogen-bond donors (Lipinski definition) is 2. The van der Waals surface area contributed by atoms with E-state index in [9.17, 15) is 8.42 Å². The molecule has 1 aliphatic rings. The molecule has 0 spiro atoms. The molecule has 1 aromatic carbocycles. The molecule has 1 aliphatic heterocycles. The Morgan fingerprint density at radius 2 is 2.22 bits per heavy atom. The van der Waals surface area contributed by atoms with Crippen molar-refractivity contribution in [1.82, 2.24) is 5.32 Å². The van der Waals surface area contributed by atoms with E-state index in [0.717, 1.165) is 23.0 Å². The van der Waals surface area contributed by atoms with Gasteiger partial charge in [0.25, 0.3) is 0 Å². The molecule has 1 unspecified atom stereocenters. The van der Waals surface area contributed by atoms with E-state index in [-0.39, 0.29) is 5.25 Å². The molecule has 0 amide bonds. The van der Waals surface area contributed by atoms with Crippen LogP contribution in [0.5, 0.6) is 0 Å². The number of sulfonamides is 1. The predicted octanol–water partition coefficient (Wildman–Crippen LogP) is 2.25. The van der Waals surface area contributed by atoms with Crippen LogP contribution in [0.4, 0.5) is 5.69 Å². The second kappa shape index (κ2) is 5.59. The number of hydrogen-bond acceptors (Lipinski definition) is 3. The molecule has 0 aromatic heterocycles. The van der Waals surface area contributed by atoms with Crippen LogP contribution < -0.4 is 10.0 Å². The molecule has 4 nitrogen and oxygen atoms in total. The van der Waals surface area contributed by atoms with Crippen molar-refractivity contribution in [3.8, 4) is 0 Å². The van der Waals surface area contributed by atoms with Crippen LogP contribution in [0, 0.1) is 6.92 Å². The molecule has 0 aliphatic carbocycles. The summed E-state index contributed by atoms with van der Waals surface area (Å²) in [6.07, 6.45) is 1.62. The maximum atomic E-state index is 12.2. The average molecular weight is 333 g/mol. The highest BCUT2D eigenvalue weighted by molar-refractivity contribution is 9.10. The molecule has 1 saturated heterocycles. The largest absolute Gasteiger partial charge is 0.315 e. The van der Waals surface area contributed by atoms with E-state index in [4.69, 9.17) is 0 Å². The maximum absolute atomic E-state index is 12.2. The molecule has 0 saturated carbocycles. The number of benzene rings is 1. The van der Waals surface area contributed by atoms with Gasteiger partial charge in [0, 0.05) is 11.0 Å². The second-order valence-electron chi connectivity index (χ2n) is 4.60. The van der Waals surface area contributed by atoms with Crippen LogP contribution in [0.2, 0.25) is 0 Å². The first-order chi connectivity index (χ1) is 8.49. The van der Waals surface area contributed by atoms with Gasteiger partial charge in [-0.3, -0.25) is 4.72 Å². The van der Waals surface area contributed by atoms with Crippen LogP contribution >= 0.6 is 15.9 Å². The SMILES string of the molecule is Cc1ccc(Br)c(NS(=O)(=O)C2CCCNC2)c1. The Kier molecular flexibility index (Phi) is 4.29. The van der Waals surface area contributed by atoms with Gasteiger partial charge in [0.05, 0.1) is 10.9 Å². The first-order valence-electron chi connectivity index (χ1n) is 5.97. The van der Waals surface area contributed by atoms with Gasteiger partial charge < -0.3 is 5.32 Å². The van der Waals surface area contributed by atoms with Crippen LogP contribution in [0.3, 0.4) is 0 Å². The van der Waals surface area contributed by atoms with Crippen LogP contribution in [0.25, 0.3) is 0 Å². The van der Waals surface area contributed by atoms with Crippen LogP contribution in [0.1, 0.15) is 18.4 Å². The van der Waals surface area contributed by atoms with Crippen molar-refractivity contribution < 1.29 is 8.42 Å². The summed E-state index contributed by atoms with van der Waals surface area (Å²) in [5.74, 6) is 0. The fraction of sp³-hybridized carbons (Fsp3) is 0.500. The lowest BCUT2D eigenvalue weighted by Crippen LogP contribution is -2.41. The summed E-state index contributed by atoms with van der Waals surface area (Å²) in [7, 11) is -3.32. The Morgan fingerprint density at radius 3 is 2.89 bits per heavy atom. The van der Waals surface area contributed by atoms with Gasteiger partial charge in [-0.2, -0.15) is 0 Å². The van der Waals surface area contributed by atoms with E-state index in [0.29, 0.717) is 18.7 Å². The molecule has 2 rings (SSSR count). The summed E-state index contributed by atoms with van der Waals surface area (Å²) in [6, 6.07) is 5.62. The van der Waals surface area contributed by atoms with Gasteiger partial charge in [-0.15, -0.1) is 0 Å². The second-order valence-corrected chi connectivity index (χ2v) is 7.41. The van der Waals surface area contributed by atoms with Crippen LogP contribution in [0.15, 0.2) is 22.7 Å². The lowest BCUT2D eigenvalue weighted by molar-refractivity contribution is 0.499. The molecule has 1 aromatic rings. The van der Waals surface area contributed by atoms with Crippen molar-refractivity contribution in [2.45, 2.75) is 25.0 Å². The van der Waals surface area contributed by atoms with Gasteiger partial charge in [0.15, 0.2) is 0 Å². The maximum Gasteiger partial charge on any atom is 0.236 e. The monoisotopic (exact) mass is 332 g/mol. The third kappa shape index (κ3) is 3.24. The number of piperidine rings is 1. The van der Waals surface area contributed by atoms with Crippen molar-refractivity contribution in [3.05, 3.63) is 28.2 Å². The van der Waals surface area contributed by atoms with E-state index < -0.39 is 10.0 Å². The standard InChI is InChI=1S/C12H17BrN2O2S/c1-9-4-5-11(13)12(7-9)15-18(16,17)10-3-2-6-14-8-10/h4-5,7,10,14-15H,2-3,6,8H2,1H3. The minimum absolute atomic E-state index is 0.348. The third-order valence-corrected chi connectivity index (χ3v) is 5.54. The van der Waals surface area contributed by atoms with E-state index in [1.165, 1.54) is 0 Å². The number of rotatable bonds is 3. The minimum atomic E-state index is -3.32. The van der Waals surface area contributed by atoms with Gasteiger partial charge in [0.2, 0.25) is 10.0 Å². The van der Waals surface area contributed by atoms with Crippen molar-refractivity contribution in [3.63, 3.8) is 0 Å². The third-order valence-electron chi connectivity index (χ3n) is 3.06. The Hall–Kier alpha value is -0.590. The summed E-state index contributed by atoms with van der Waals surface area (Å²) >= 11 is 3.36. The van der Waals surface area contributed by atoms with Gasteiger partial charge in [-0.25, -0.2) is 8.42 Å². The van der Waals surface area contributed by atoms with Crippen LogP contribution in [-0.4, -0.2) is 26.8 Å². The quantitative estimate of drug-likeness (QED) is 0.892. The lowest BCUT2D eigenvalue weighted by atomic mass is 10.2. The first kappa shape index (κ1) is 13.8. The molecule has 1 atom stereocenters. The van der Waals surface area contributed by atoms with E-state index in [2.05, 4.69) is 26.0 Å². The summed E-state index contributed by atoms with van der Waals surface area (Å²) in [4.78, 5) is 0. The predicted molar refractivity (Wildman–Crippen MR) is 77.3 cm³/mol. The topological polar surface area (TPSA) is 58.2 Å². The summed E-state index contributed by atoms with van der Waals surface area (Å²) in [5.41, 5.74) is 1.64. The lowest BCUT2D eigenvalue weighted by Gasteiger charge is -2.23. The minimum Gasteiger partial charge on any atom is -0.315 e. The number of aryl methyl sites for hydroxylation is 1. The highest BCUT2D eigenvalue weighted by Gasteiger charge is 2.27. The molecular formula is C12H17BrN2O2S. The summed E-state index contributed by atoms with van der Waals surface area (Å²) < 4.78 is 27.9. The van der Waals surface area contributed by atoms with Crippen molar-refractivity contribution in [2.75, 3.05) is 17.8 Å². The molecule has 100 valence electrons. The molecule has 18 heavy (non-hydrogen) atoms. The molecule has 2 N–H and O–H groups in total. The van der Waals surface area contributed by atoms with E-state index in [1.807, 2.05) is 25.1 Å². The Labute approximate surface area is 116 Å². The fourth-order valence-corrected chi connectivity index (χ4v) is 3.97. The Balaban J connectivity index is 2.18. The average Bonchev–Trinajstić information content (AvgIpc) is 2.35. The first-order valence-corrected chi connectivity index (χ1v) is 8.31. The van der Waals surface area contributed by atoms with E-state index >= 15 is 0 Å². The molecule has 0 bridgehead atoms. The van der Waals surface area contributed by atoms with Crippen molar-refractivity contribution >= 4 is 31.6 Å². The van der Waals surface area contributed by atoms with Gasteiger partial charge in [-0.05, 0) is 59.9 Å². The number of halogens is 1. The Morgan fingerprint density at radius 1 is 1.44 bits per heavy atom. The van der Waals surface area contributed by atoms with Gasteiger partial charge >= 0.3 is 0 Å².